The summed E-state index contributed by atoms with van der Waals surface area (Å²) in [7, 11) is -2.10. The molecule has 1 fully saturated rings. The fourth-order valence-electron chi connectivity index (χ4n) is 3.17. The molecule has 1 aliphatic heterocycles. The Hall–Kier alpha value is -2.49. The maximum atomic E-state index is 13.1. The van der Waals surface area contributed by atoms with E-state index in [1.165, 1.54) is 16.4 Å². The van der Waals surface area contributed by atoms with Crippen LogP contribution in [0.25, 0.3) is 0 Å². The summed E-state index contributed by atoms with van der Waals surface area (Å²) >= 11 is 0. The van der Waals surface area contributed by atoms with Crippen molar-refractivity contribution in [3.05, 3.63) is 54.3 Å². The number of benzene rings is 2. The summed E-state index contributed by atoms with van der Waals surface area (Å²) < 4.78 is 44.9. The zero-order valence-electron chi connectivity index (χ0n) is 16.3. The lowest BCUT2D eigenvalue weighted by Crippen LogP contribution is -2.53. The predicted octanol–water partition coefficient (Wildman–Crippen LogP) is 2.17. The minimum absolute atomic E-state index is 0.0673. The molecule has 1 N–H and O–H groups in total. The molecule has 0 spiro atoms. The van der Waals surface area contributed by atoms with E-state index in [1.807, 2.05) is 4.90 Å². The van der Waals surface area contributed by atoms with Crippen molar-refractivity contribution in [2.75, 3.05) is 38.6 Å². The molecule has 3 rings (SSSR count). The van der Waals surface area contributed by atoms with Gasteiger partial charge in [-0.2, -0.15) is 4.31 Å². The van der Waals surface area contributed by atoms with Crippen LogP contribution < -0.4 is 10.1 Å². The van der Waals surface area contributed by atoms with Gasteiger partial charge in [-0.05, 0) is 55.5 Å². The van der Waals surface area contributed by atoms with Gasteiger partial charge >= 0.3 is 0 Å². The molecule has 1 atom stereocenters. The highest BCUT2D eigenvalue weighted by molar-refractivity contribution is 7.89. The number of hydrogen-bond donors (Lipinski definition) is 1. The van der Waals surface area contributed by atoms with Crippen molar-refractivity contribution in [3.63, 3.8) is 0 Å². The van der Waals surface area contributed by atoms with Gasteiger partial charge < -0.3 is 10.1 Å². The van der Waals surface area contributed by atoms with Gasteiger partial charge in [0.25, 0.3) is 0 Å². The molecule has 0 aromatic heterocycles. The number of methoxy groups -OCH3 is 1. The molecule has 0 radical (unpaired) electrons. The van der Waals surface area contributed by atoms with Crippen LogP contribution in [0.4, 0.5) is 10.1 Å². The number of halogens is 1. The fourth-order valence-corrected chi connectivity index (χ4v) is 4.60. The Bertz CT molecular complexity index is 941. The summed E-state index contributed by atoms with van der Waals surface area (Å²) in [6.07, 6.45) is 0. The molecule has 2 aromatic carbocycles. The number of nitrogens with one attached hydrogen (secondary N) is 1. The molecule has 156 valence electrons. The van der Waals surface area contributed by atoms with Crippen molar-refractivity contribution in [2.24, 2.45) is 0 Å². The van der Waals surface area contributed by atoms with Gasteiger partial charge in [0, 0.05) is 31.9 Å². The highest BCUT2D eigenvalue weighted by Gasteiger charge is 2.31. The molecular formula is C20H24FN3O4S. The maximum Gasteiger partial charge on any atom is 0.243 e. The molecular weight excluding hydrogens is 397 g/mol. The Morgan fingerprint density at radius 1 is 1.03 bits per heavy atom. The van der Waals surface area contributed by atoms with Crippen LogP contribution in [0.2, 0.25) is 0 Å². The first-order valence-corrected chi connectivity index (χ1v) is 10.7. The standard InChI is InChI=1S/C20H24FN3O4S/c1-15(20(25)22-17-5-7-18(28-2)8-6-17)23-11-13-24(14-12-23)29(26,27)19-9-3-16(21)4-10-19/h3-10,15H,11-14H2,1-2H3,(H,22,25)/t15-/m0/s1. The second-order valence-electron chi connectivity index (χ2n) is 6.79. The third-order valence-electron chi connectivity index (χ3n) is 5.01. The normalized spacial score (nSPS) is 16.9. The van der Waals surface area contributed by atoms with Crippen molar-refractivity contribution in [2.45, 2.75) is 17.9 Å². The minimum atomic E-state index is -3.68. The first kappa shape index (κ1) is 21.2. The van der Waals surface area contributed by atoms with Gasteiger partial charge in [0.2, 0.25) is 15.9 Å². The quantitative estimate of drug-likeness (QED) is 0.773. The van der Waals surface area contributed by atoms with Crippen LogP contribution in [0.3, 0.4) is 0 Å². The molecule has 29 heavy (non-hydrogen) atoms. The second kappa shape index (κ2) is 8.89. The van der Waals surface area contributed by atoms with Gasteiger partial charge in [-0.15, -0.1) is 0 Å². The number of carbonyl (C=O) groups is 1. The lowest BCUT2D eigenvalue weighted by molar-refractivity contribution is -0.121. The zero-order chi connectivity index (χ0) is 21.0. The van der Waals surface area contributed by atoms with E-state index in [2.05, 4.69) is 5.32 Å². The van der Waals surface area contributed by atoms with Gasteiger partial charge in [-0.3, -0.25) is 9.69 Å². The number of rotatable bonds is 6. The van der Waals surface area contributed by atoms with E-state index >= 15 is 0 Å². The minimum Gasteiger partial charge on any atom is -0.497 e. The summed E-state index contributed by atoms with van der Waals surface area (Å²) in [5.74, 6) is 0.0602. The zero-order valence-corrected chi connectivity index (χ0v) is 17.2. The lowest BCUT2D eigenvalue weighted by atomic mass is 10.2. The van der Waals surface area contributed by atoms with Gasteiger partial charge in [0.15, 0.2) is 0 Å². The topological polar surface area (TPSA) is 79.0 Å². The number of piperazine rings is 1. The Kier molecular flexibility index (Phi) is 6.51. The van der Waals surface area contributed by atoms with Gasteiger partial charge in [-0.1, -0.05) is 0 Å². The maximum absolute atomic E-state index is 13.1. The first-order chi connectivity index (χ1) is 13.8. The third kappa shape index (κ3) is 4.92. The van der Waals surface area contributed by atoms with E-state index in [4.69, 9.17) is 4.74 Å². The fraction of sp³-hybridized carbons (Fsp3) is 0.350. The van der Waals surface area contributed by atoms with Crippen LogP contribution in [0.5, 0.6) is 5.75 Å². The average Bonchev–Trinajstić information content (AvgIpc) is 2.74. The molecule has 0 aliphatic carbocycles. The van der Waals surface area contributed by atoms with Crippen LogP contribution in [0.1, 0.15) is 6.92 Å². The molecule has 1 saturated heterocycles. The van der Waals surface area contributed by atoms with Crippen LogP contribution in [-0.2, 0) is 14.8 Å². The van der Waals surface area contributed by atoms with E-state index in [0.717, 1.165) is 12.1 Å². The van der Waals surface area contributed by atoms with Crippen molar-refractivity contribution in [1.29, 1.82) is 0 Å². The Morgan fingerprint density at radius 3 is 2.17 bits per heavy atom. The Labute approximate surface area is 170 Å². The van der Waals surface area contributed by atoms with Crippen LogP contribution >= 0.6 is 0 Å². The van der Waals surface area contributed by atoms with Gasteiger partial charge in [-0.25, -0.2) is 12.8 Å². The summed E-state index contributed by atoms with van der Waals surface area (Å²) in [5, 5.41) is 2.86. The number of hydrogen-bond acceptors (Lipinski definition) is 5. The largest absolute Gasteiger partial charge is 0.497 e. The second-order valence-corrected chi connectivity index (χ2v) is 8.73. The summed E-state index contributed by atoms with van der Waals surface area (Å²) in [5.41, 5.74) is 0.667. The molecule has 0 saturated carbocycles. The molecule has 0 unspecified atom stereocenters. The molecule has 1 aliphatic rings. The van der Waals surface area contributed by atoms with E-state index in [9.17, 15) is 17.6 Å². The number of sulfonamides is 1. The summed E-state index contributed by atoms with van der Waals surface area (Å²) in [6, 6.07) is 11.4. The number of ether oxygens (including phenoxy) is 1. The lowest BCUT2D eigenvalue weighted by Gasteiger charge is -2.36. The summed E-state index contributed by atoms with van der Waals surface area (Å²) in [4.78, 5) is 14.6. The molecule has 9 heteroatoms. The molecule has 0 bridgehead atoms. The van der Waals surface area contributed by atoms with Gasteiger partial charge in [0.05, 0.1) is 18.0 Å². The van der Waals surface area contributed by atoms with E-state index in [0.29, 0.717) is 24.5 Å². The highest BCUT2D eigenvalue weighted by Crippen LogP contribution is 2.20. The monoisotopic (exact) mass is 421 g/mol. The highest BCUT2D eigenvalue weighted by atomic mass is 32.2. The van der Waals surface area contributed by atoms with Crippen molar-refractivity contribution >= 4 is 21.6 Å². The van der Waals surface area contributed by atoms with E-state index in [-0.39, 0.29) is 23.9 Å². The number of carbonyl (C=O) groups excluding carboxylic acids is 1. The average molecular weight is 421 g/mol. The molecule has 2 aromatic rings. The number of nitrogens with zero attached hydrogens (tertiary/aromatic N) is 2. The Morgan fingerprint density at radius 2 is 1.62 bits per heavy atom. The van der Waals surface area contributed by atoms with Gasteiger partial charge in [0.1, 0.15) is 11.6 Å². The van der Waals surface area contributed by atoms with E-state index in [1.54, 1.807) is 38.3 Å². The number of anilines is 1. The van der Waals surface area contributed by atoms with Crippen molar-refractivity contribution < 1.29 is 22.3 Å². The Balaban J connectivity index is 1.57. The number of amides is 1. The molecule has 1 heterocycles. The van der Waals surface area contributed by atoms with Crippen molar-refractivity contribution in [1.82, 2.24) is 9.21 Å². The van der Waals surface area contributed by atoms with Crippen molar-refractivity contribution in [3.8, 4) is 5.75 Å². The van der Waals surface area contributed by atoms with Crippen LogP contribution in [0.15, 0.2) is 53.4 Å². The van der Waals surface area contributed by atoms with Crippen LogP contribution in [0, 0.1) is 5.82 Å². The SMILES string of the molecule is COc1ccc(NC(=O)[C@H](C)N2CCN(S(=O)(=O)c3ccc(F)cc3)CC2)cc1. The molecule has 1 amide bonds. The third-order valence-corrected chi connectivity index (χ3v) is 6.92. The van der Waals surface area contributed by atoms with E-state index < -0.39 is 21.9 Å². The van der Waals surface area contributed by atoms with Crippen LogP contribution in [-0.4, -0.2) is 62.9 Å². The first-order valence-electron chi connectivity index (χ1n) is 9.26. The summed E-state index contributed by atoms with van der Waals surface area (Å²) in [6.45, 7) is 3.18. The smallest absolute Gasteiger partial charge is 0.243 e. The molecule has 7 nitrogen and oxygen atoms in total. The predicted molar refractivity (Wildman–Crippen MR) is 108 cm³/mol.